The van der Waals surface area contributed by atoms with Crippen LogP contribution in [0.4, 0.5) is 5.13 Å². The van der Waals surface area contributed by atoms with Crippen LogP contribution in [0, 0.1) is 18.3 Å². The number of allylic oxidation sites excluding steroid dienone is 1. The molecular formula is C16H15N3O2S2. The summed E-state index contributed by atoms with van der Waals surface area (Å²) in [6.45, 7) is 5.70. The molecule has 0 fully saturated rings. The lowest BCUT2D eigenvalue weighted by Gasteiger charge is -2.14. The van der Waals surface area contributed by atoms with Crippen molar-refractivity contribution in [3.63, 3.8) is 0 Å². The fourth-order valence-electron chi connectivity index (χ4n) is 1.98. The maximum absolute atomic E-state index is 12.4. The van der Waals surface area contributed by atoms with Crippen LogP contribution in [0.2, 0.25) is 0 Å². The number of carbonyl (C=O) groups is 2. The van der Waals surface area contributed by atoms with Gasteiger partial charge in [-0.25, -0.2) is 4.98 Å². The summed E-state index contributed by atoms with van der Waals surface area (Å²) in [5, 5.41) is 13.4. The minimum atomic E-state index is -0.298. The standard InChI is InChI=1S/C16H15N3O2S2/c1-4-19(11(3)20)16-18-13(9-23-16)7-12(8-17)14(21)15-10(2)5-6-22-15/h5-7,9H,4H2,1-3H3/b12-7+. The number of ketones is 1. The number of hydrogen-bond acceptors (Lipinski definition) is 6. The molecule has 0 aliphatic carbocycles. The first-order valence-corrected chi connectivity index (χ1v) is 8.68. The fourth-order valence-corrected chi connectivity index (χ4v) is 3.75. The summed E-state index contributed by atoms with van der Waals surface area (Å²) in [5.74, 6) is -0.392. The molecule has 0 aliphatic heterocycles. The van der Waals surface area contributed by atoms with Gasteiger partial charge in [-0.15, -0.1) is 22.7 Å². The molecule has 0 spiro atoms. The minimum absolute atomic E-state index is 0.0401. The van der Waals surface area contributed by atoms with Crippen molar-refractivity contribution in [2.75, 3.05) is 11.4 Å². The molecule has 0 radical (unpaired) electrons. The summed E-state index contributed by atoms with van der Waals surface area (Å²) in [4.78, 5) is 30.4. The lowest BCUT2D eigenvalue weighted by atomic mass is 10.1. The largest absolute Gasteiger partial charge is 0.289 e. The van der Waals surface area contributed by atoms with Gasteiger partial charge in [-0.3, -0.25) is 14.5 Å². The summed E-state index contributed by atoms with van der Waals surface area (Å²) in [7, 11) is 0. The van der Waals surface area contributed by atoms with Gasteiger partial charge in [-0.2, -0.15) is 5.26 Å². The van der Waals surface area contributed by atoms with Crippen molar-refractivity contribution >= 4 is 45.6 Å². The van der Waals surface area contributed by atoms with Crippen molar-refractivity contribution in [3.8, 4) is 6.07 Å². The number of nitriles is 1. The van der Waals surface area contributed by atoms with Crippen LogP contribution >= 0.6 is 22.7 Å². The zero-order valence-electron chi connectivity index (χ0n) is 13.0. The van der Waals surface area contributed by atoms with Gasteiger partial charge in [0.1, 0.15) is 11.6 Å². The molecule has 2 aromatic rings. The summed E-state index contributed by atoms with van der Waals surface area (Å²) in [5.41, 5.74) is 1.40. The van der Waals surface area contributed by atoms with Crippen molar-refractivity contribution in [1.29, 1.82) is 5.26 Å². The zero-order valence-corrected chi connectivity index (χ0v) is 14.6. The normalized spacial score (nSPS) is 11.1. The summed E-state index contributed by atoms with van der Waals surface area (Å²) in [6, 6.07) is 3.79. The second kappa shape index (κ2) is 7.31. The number of Topliss-reactive ketones (excluding diaryl/α,β-unsaturated/α-hetero) is 1. The molecule has 118 valence electrons. The number of aryl methyl sites for hydroxylation is 1. The molecule has 0 aromatic carbocycles. The molecule has 7 heteroatoms. The smallest absolute Gasteiger partial charge is 0.225 e. The van der Waals surface area contributed by atoms with Gasteiger partial charge in [0.15, 0.2) is 5.13 Å². The molecule has 0 bridgehead atoms. The van der Waals surface area contributed by atoms with Crippen LogP contribution in [0.5, 0.6) is 0 Å². The first-order valence-electron chi connectivity index (χ1n) is 6.92. The monoisotopic (exact) mass is 345 g/mol. The molecule has 0 N–H and O–H groups in total. The van der Waals surface area contributed by atoms with Crippen LogP contribution in [-0.2, 0) is 4.79 Å². The van der Waals surface area contributed by atoms with E-state index in [9.17, 15) is 14.9 Å². The highest BCUT2D eigenvalue weighted by Crippen LogP contribution is 2.24. The van der Waals surface area contributed by atoms with E-state index in [1.807, 2.05) is 31.4 Å². The fraction of sp³-hybridized carbons (Fsp3) is 0.250. The van der Waals surface area contributed by atoms with Crippen LogP contribution < -0.4 is 4.90 Å². The molecule has 0 atom stereocenters. The van der Waals surface area contributed by atoms with Gasteiger partial charge in [0.25, 0.3) is 0 Å². The minimum Gasteiger partial charge on any atom is -0.289 e. The zero-order chi connectivity index (χ0) is 17.0. The summed E-state index contributed by atoms with van der Waals surface area (Å²) < 4.78 is 0. The lowest BCUT2D eigenvalue weighted by Crippen LogP contribution is -2.27. The Kier molecular flexibility index (Phi) is 5.42. The Balaban J connectivity index is 2.31. The van der Waals surface area contributed by atoms with Crippen LogP contribution in [0.3, 0.4) is 0 Å². The van der Waals surface area contributed by atoms with E-state index in [4.69, 9.17) is 0 Å². The number of amides is 1. The maximum Gasteiger partial charge on any atom is 0.225 e. The Morgan fingerprint density at radius 2 is 2.17 bits per heavy atom. The van der Waals surface area contributed by atoms with Crippen LogP contribution in [-0.4, -0.2) is 23.2 Å². The van der Waals surface area contributed by atoms with Gasteiger partial charge in [0.05, 0.1) is 10.6 Å². The highest BCUT2D eigenvalue weighted by atomic mass is 32.1. The van der Waals surface area contributed by atoms with Gasteiger partial charge in [0, 0.05) is 18.8 Å². The van der Waals surface area contributed by atoms with Gasteiger partial charge in [-0.1, -0.05) is 0 Å². The SMILES string of the molecule is CCN(C(C)=O)c1nc(/C=C(\C#N)C(=O)c2sccc2C)cs1. The molecule has 2 rings (SSSR count). The Labute approximate surface area is 142 Å². The predicted molar refractivity (Wildman–Crippen MR) is 92.8 cm³/mol. The third kappa shape index (κ3) is 3.73. The predicted octanol–water partition coefficient (Wildman–Crippen LogP) is 3.68. The molecule has 0 unspecified atom stereocenters. The molecule has 0 saturated heterocycles. The number of nitrogens with zero attached hydrogens (tertiary/aromatic N) is 3. The van der Waals surface area contributed by atoms with E-state index in [1.165, 1.54) is 35.7 Å². The van der Waals surface area contributed by atoms with E-state index in [0.717, 1.165) is 5.56 Å². The number of thiazole rings is 1. The van der Waals surface area contributed by atoms with Gasteiger partial charge < -0.3 is 0 Å². The third-order valence-electron chi connectivity index (χ3n) is 3.16. The Morgan fingerprint density at radius 3 is 2.70 bits per heavy atom. The second-order valence-electron chi connectivity index (χ2n) is 4.75. The maximum atomic E-state index is 12.4. The number of aromatic nitrogens is 1. The van der Waals surface area contributed by atoms with Crippen LogP contribution in [0.1, 0.15) is 34.8 Å². The van der Waals surface area contributed by atoms with Gasteiger partial charge in [-0.05, 0) is 36.9 Å². The summed E-state index contributed by atoms with van der Waals surface area (Å²) in [6.07, 6.45) is 1.47. The van der Waals surface area contributed by atoms with E-state index in [2.05, 4.69) is 4.98 Å². The van der Waals surface area contributed by atoms with E-state index in [1.54, 1.807) is 10.3 Å². The molecule has 2 heterocycles. The number of anilines is 1. The van der Waals surface area contributed by atoms with Crippen LogP contribution in [0.25, 0.3) is 6.08 Å². The number of thiophene rings is 1. The quantitative estimate of drug-likeness (QED) is 0.471. The molecule has 23 heavy (non-hydrogen) atoms. The van der Waals surface area contributed by atoms with E-state index < -0.39 is 0 Å². The van der Waals surface area contributed by atoms with Crippen molar-refractivity contribution in [2.24, 2.45) is 0 Å². The third-order valence-corrected chi connectivity index (χ3v) is 5.06. The van der Waals surface area contributed by atoms with E-state index in [0.29, 0.717) is 22.2 Å². The van der Waals surface area contributed by atoms with Crippen molar-refractivity contribution in [2.45, 2.75) is 20.8 Å². The molecule has 1 amide bonds. The van der Waals surface area contributed by atoms with Crippen molar-refractivity contribution in [3.05, 3.63) is 38.5 Å². The topological polar surface area (TPSA) is 74.1 Å². The second-order valence-corrected chi connectivity index (χ2v) is 6.50. The van der Waals surface area contributed by atoms with Crippen LogP contribution in [0.15, 0.2) is 22.4 Å². The number of hydrogen-bond donors (Lipinski definition) is 0. The van der Waals surface area contributed by atoms with E-state index >= 15 is 0 Å². The van der Waals surface area contributed by atoms with Gasteiger partial charge in [0.2, 0.25) is 11.7 Å². The van der Waals surface area contributed by atoms with Crippen molar-refractivity contribution < 1.29 is 9.59 Å². The average Bonchev–Trinajstić information content (AvgIpc) is 3.14. The van der Waals surface area contributed by atoms with E-state index in [-0.39, 0.29) is 17.3 Å². The lowest BCUT2D eigenvalue weighted by molar-refractivity contribution is -0.116. The molecule has 2 aromatic heterocycles. The highest BCUT2D eigenvalue weighted by molar-refractivity contribution is 7.14. The first kappa shape index (κ1) is 17.1. The Morgan fingerprint density at radius 1 is 1.43 bits per heavy atom. The molecular weight excluding hydrogens is 330 g/mol. The highest BCUT2D eigenvalue weighted by Gasteiger charge is 2.17. The van der Waals surface area contributed by atoms with Gasteiger partial charge >= 0.3 is 0 Å². The average molecular weight is 345 g/mol. The number of carbonyl (C=O) groups excluding carboxylic acids is 2. The van der Waals surface area contributed by atoms with Crippen molar-refractivity contribution in [1.82, 2.24) is 4.98 Å². The Hall–Kier alpha value is -2.30. The molecule has 5 nitrogen and oxygen atoms in total. The number of rotatable bonds is 5. The Bertz CT molecular complexity index is 811. The summed E-state index contributed by atoms with van der Waals surface area (Å²) >= 11 is 2.62. The first-order chi connectivity index (χ1) is 11.0. The molecule has 0 aliphatic rings. The molecule has 0 saturated carbocycles.